The van der Waals surface area contributed by atoms with Gasteiger partial charge in [-0.15, -0.1) is 0 Å². The van der Waals surface area contributed by atoms with Crippen molar-refractivity contribution in [3.8, 4) is 0 Å². The summed E-state index contributed by atoms with van der Waals surface area (Å²) in [6, 6.07) is 0. The molecule has 0 aromatic rings. The number of nitrogens with two attached hydrogens (primary N) is 1. The fourth-order valence-corrected chi connectivity index (χ4v) is 2.55. The highest BCUT2D eigenvalue weighted by molar-refractivity contribution is 4.88. The molecular formula is C14H30N2O3. The summed E-state index contributed by atoms with van der Waals surface area (Å²) in [6.45, 7) is 5.59. The molecule has 0 bridgehead atoms. The quantitative estimate of drug-likeness (QED) is 0.671. The number of rotatable bonds is 8. The lowest BCUT2D eigenvalue weighted by Gasteiger charge is -2.42. The molecule has 0 radical (unpaired) electrons. The average molecular weight is 274 g/mol. The average Bonchev–Trinajstić information content (AvgIpc) is 2.45. The zero-order chi connectivity index (χ0) is 14.3. The first kappa shape index (κ1) is 16.9. The second-order valence-corrected chi connectivity index (χ2v) is 5.74. The molecule has 114 valence electrons. The van der Waals surface area contributed by atoms with Crippen molar-refractivity contribution in [2.45, 2.75) is 38.0 Å². The van der Waals surface area contributed by atoms with Crippen LogP contribution in [0, 0.1) is 5.92 Å². The largest absolute Gasteiger partial charge is 0.381 e. The van der Waals surface area contributed by atoms with Gasteiger partial charge in [-0.05, 0) is 32.7 Å². The second kappa shape index (κ2) is 8.17. The molecule has 2 N–H and O–H groups in total. The first-order valence-electron chi connectivity index (χ1n) is 7.10. The van der Waals surface area contributed by atoms with Gasteiger partial charge in [0.1, 0.15) is 0 Å². The van der Waals surface area contributed by atoms with E-state index >= 15 is 0 Å². The van der Waals surface area contributed by atoms with Gasteiger partial charge in [-0.25, -0.2) is 0 Å². The van der Waals surface area contributed by atoms with Crippen LogP contribution in [0.2, 0.25) is 0 Å². The van der Waals surface area contributed by atoms with Crippen molar-refractivity contribution in [2.24, 2.45) is 11.7 Å². The van der Waals surface area contributed by atoms with E-state index in [0.29, 0.717) is 12.5 Å². The molecule has 1 aliphatic heterocycles. The number of nitrogens with zero attached hydrogens (tertiary/aromatic N) is 1. The Morgan fingerprint density at radius 2 is 1.89 bits per heavy atom. The monoisotopic (exact) mass is 274 g/mol. The summed E-state index contributed by atoms with van der Waals surface area (Å²) in [7, 11) is 5.48. The van der Waals surface area contributed by atoms with Gasteiger partial charge in [-0.1, -0.05) is 0 Å². The first-order valence-corrected chi connectivity index (χ1v) is 7.10. The topological polar surface area (TPSA) is 57.0 Å². The van der Waals surface area contributed by atoms with E-state index in [9.17, 15) is 0 Å². The number of hydrogen-bond acceptors (Lipinski definition) is 5. The van der Waals surface area contributed by atoms with E-state index < -0.39 is 0 Å². The van der Waals surface area contributed by atoms with E-state index in [0.717, 1.165) is 39.0 Å². The molecule has 0 amide bonds. The standard InChI is InChI=1S/C14H30N2O3/c1-14(11-15,9-13(17-3)18-4)16(2)10-12-5-7-19-8-6-12/h12-13H,5-11,15H2,1-4H3. The van der Waals surface area contributed by atoms with E-state index in [1.807, 2.05) is 0 Å². The normalized spacial score (nSPS) is 21.0. The van der Waals surface area contributed by atoms with Gasteiger partial charge >= 0.3 is 0 Å². The van der Waals surface area contributed by atoms with Crippen LogP contribution < -0.4 is 5.73 Å². The molecule has 1 aliphatic rings. The SMILES string of the molecule is COC(CC(C)(CN)N(C)CC1CCOCC1)OC. The number of methoxy groups -OCH3 is 2. The van der Waals surface area contributed by atoms with Gasteiger partial charge in [-0.3, -0.25) is 4.90 Å². The third-order valence-corrected chi connectivity index (χ3v) is 4.37. The fraction of sp³-hybridized carbons (Fsp3) is 1.00. The maximum atomic E-state index is 5.99. The lowest BCUT2D eigenvalue weighted by Crippen LogP contribution is -2.53. The predicted molar refractivity (Wildman–Crippen MR) is 76.1 cm³/mol. The zero-order valence-electron chi connectivity index (χ0n) is 12.9. The number of ether oxygens (including phenoxy) is 3. The Morgan fingerprint density at radius 1 is 1.32 bits per heavy atom. The summed E-state index contributed by atoms with van der Waals surface area (Å²) in [4.78, 5) is 2.36. The van der Waals surface area contributed by atoms with Gasteiger partial charge in [0.05, 0.1) is 0 Å². The highest BCUT2D eigenvalue weighted by Gasteiger charge is 2.32. The molecule has 1 atom stereocenters. The maximum Gasteiger partial charge on any atom is 0.158 e. The Morgan fingerprint density at radius 3 is 2.37 bits per heavy atom. The van der Waals surface area contributed by atoms with Crippen LogP contribution in [0.4, 0.5) is 0 Å². The van der Waals surface area contributed by atoms with Crippen LogP contribution in [0.1, 0.15) is 26.2 Å². The minimum absolute atomic E-state index is 0.102. The Balaban J connectivity index is 2.54. The lowest BCUT2D eigenvalue weighted by molar-refractivity contribution is -0.128. The van der Waals surface area contributed by atoms with Crippen LogP contribution in [0.5, 0.6) is 0 Å². The van der Waals surface area contributed by atoms with E-state index in [2.05, 4.69) is 18.9 Å². The Hall–Kier alpha value is -0.200. The van der Waals surface area contributed by atoms with E-state index in [-0.39, 0.29) is 11.8 Å². The van der Waals surface area contributed by atoms with Gasteiger partial charge < -0.3 is 19.9 Å². The predicted octanol–water partition coefficient (Wildman–Crippen LogP) is 1.07. The summed E-state index contributed by atoms with van der Waals surface area (Å²) in [6.07, 6.45) is 2.85. The number of hydrogen-bond donors (Lipinski definition) is 1. The molecule has 0 spiro atoms. The van der Waals surface area contributed by atoms with Crippen molar-refractivity contribution in [3.63, 3.8) is 0 Å². The molecule has 5 heteroatoms. The highest BCUT2D eigenvalue weighted by Crippen LogP contribution is 2.24. The van der Waals surface area contributed by atoms with Gasteiger partial charge in [0.25, 0.3) is 0 Å². The highest BCUT2D eigenvalue weighted by atomic mass is 16.7. The third-order valence-electron chi connectivity index (χ3n) is 4.37. The van der Waals surface area contributed by atoms with Crippen molar-refractivity contribution < 1.29 is 14.2 Å². The van der Waals surface area contributed by atoms with Crippen LogP contribution in [-0.4, -0.2) is 64.3 Å². The van der Waals surface area contributed by atoms with Crippen molar-refractivity contribution >= 4 is 0 Å². The third kappa shape index (κ3) is 5.00. The molecule has 0 saturated carbocycles. The van der Waals surface area contributed by atoms with E-state index in [1.165, 1.54) is 0 Å². The van der Waals surface area contributed by atoms with Gasteiger partial charge in [0.2, 0.25) is 0 Å². The Kier molecular flexibility index (Phi) is 7.25. The van der Waals surface area contributed by atoms with Crippen LogP contribution in [0.3, 0.4) is 0 Å². The molecule has 5 nitrogen and oxygen atoms in total. The van der Waals surface area contributed by atoms with Gasteiger partial charge in [-0.2, -0.15) is 0 Å². The summed E-state index contributed by atoms with van der Waals surface area (Å²) >= 11 is 0. The van der Waals surface area contributed by atoms with Crippen LogP contribution in [0.15, 0.2) is 0 Å². The Labute approximate surface area is 117 Å². The van der Waals surface area contributed by atoms with Gasteiger partial charge in [0.15, 0.2) is 6.29 Å². The first-order chi connectivity index (χ1) is 9.05. The molecule has 0 aliphatic carbocycles. The summed E-state index contributed by atoms with van der Waals surface area (Å²) in [5.74, 6) is 0.702. The van der Waals surface area contributed by atoms with Gasteiger partial charge in [0, 0.05) is 52.5 Å². The van der Waals surface area contributed by atoms with Crippen molar-refractivity contribution in [1.29, 1.82) is 0 Å². The molecular weight excluding hydrogens is 244 g/mol. The summed E-state index contributed by atoms with van der Waals surface area (Å²) in [5.41, 5.74) is 5.89. The smallest absolute Gasteiger partial charge is 0.158 e. The molecule has 1 unspecified atom stereocenters. The van der Waals surface area contributed by atoms with E-state index in [1.54, 1.807) is 14.2 Å². The van der Waals surface area contributed by atoms with Crippen LogP contribution in [0.25, 0.3) is 0 Å². The summed E-state index contributed by atoms with van der Waals surface area (Å²) in [5, 5.41) is 0. The van der Waals surface area contributed by atoms with Crippen molar-refractivity contribution in [1.82, 2.24) is 4.90 Å². The molecule has 1 saturated heterocycles. The fourth-order valence-electron chi connectivity index (χ4n) is 2.55. The second-order valence-electron chi connectivity index (χ2n) is 5.74. The molecule has 0 aromatic heterocycles. The Bertz CT molecular complexity index is 243. The van der Waals surface area contributed by atoms with Crippen LogP contribution in [-0.2, 0) is 14.2 Å². The zero-order valence-corrected chi connectivity index (χ0v) is 12.9. The minimum atomic E-state index is -0.203. The molecule has 1 heterocycles. The van der Waals surface area contributed by atoms with Crippen molar-refractivity contribution in [2.75, 3.05) is 47.6 Å². The molecule has 0 aromatic carbocycles. The minimum Gasteiger partial charge on any atom is -0.381 e. The number of likely N-dealkylation sites (N-methyl/N-ethyl adjacent to an activating group) is 1. The molecule has 1 rings (SSSR count). The van der Waals surface area contributed by atoms with Crippen molar-refractivity contribution in [3.05, 3.63) is 0 Å². The molecule has 19 heavy (non-hydrogen) atoms. The molecule has 1 fully saturated rings. The van der Waals surface area contributed by atoms with Crippen LogP contribution >= 0.6 is 0 Å². The maximum absolute atomic E-state index is 5.99. The summed E-state index contributed by atoms with van der Waals surface area (Å²) < 4.78 is 16.0. The van der Waals surface area contributed by atoms with E-state index in [4.69, 9.17) is 19.9 Å². The lowest BCUT2D eigenvalue weighted by atomic mass is 9.92.